The molecule has 0 aliphatic heterocycles. The van der Waals surface area contributed by atoms with Gasteiger partial charge in [-0.3, -0.25) is 13.9 Å². The summed E-state index contributed by atoms with van der Waals surface area (Å²) < 4.78 is 13.6. The Labute approximate surface area is 178 Å². The Morgan fingerprint density at radius 2 is 1.52 bits per heavy atom. The van der Waals surface area contributed by atoms with Gasteiger partial charge in [-0.25, -0.2) is 9.59 Å². The number of nitrogens with zero attached hydrogens (tertiary/aromatic N) is 2. The second-order valence-electron chi connectivity index (χ2n) is 7.08. The number of esters is 2. The molecule has 4 aromatic rings. The lowest BCUT2D eigenvalue weighted by atomic mass is 10.1. The summed E-state index contributed by atoms with van der Waals surface area (Å²) in [5.41, 5.74) is 1.60. The van der Waals surface area contributed by atoms with Crippen LogP contribution in [0.4, 0.5) is 0 Å². The molecule has 0 saturated carbocycles. The van der Waals surface area contributed by atoms with Crippen molar-refractivity contribution in [3.05, 3.63) is 76.7 Å². The van der Waals surface area contributed by atoms with Crippen LogP contribution in [0.1, 0.15) is 23.7 Å². The van der Waals surface area contributed by atoms with Gasteiger partial charge in [0.2, 0.25) is 0 Å². The first-order valence-corrected chi connectivity index (χ1v) is 10.0. The number of fused-ring (bicyclic) bond motifs is 2. The Morgan fingerprint density at radius 3 is 2.16 bits per heavy atom. The number of aryl methyl sites for hydroxylation is 2. The summed E-state index contributed by atoms with van der Waals surface area (Å²) in [6, 6.07) is 18.2. The van der Waals surface area contributed by atoms with E-state index in [1.165, 1.54) is 7.11 Å². The van der Waals surface area contributed by atoms with Crippen molar-refractivity contribution in [2.24, 2.45) is 0 Å². The Kier molecular flexibility index (Phi) is 5.58. The lowest BCUT2D eigenvalue weighted by molar-refractivity contribution is -0.134. The maximum atomic E-state index is 12.7. The topological polar surface area (TPSA) is 79.5 Å². The fraction of sp³-hybridized carbons (Fsp3) is 0.208. The summed E-state index contributed by atoms with van der Waals surface area (Å²) >= 11 is 0. The number of benzene rings is 3. The Balaban J connectivity index is 1.60. The van der Waals surface area contributed by atoms with Gasteiger partial charge in [0.25, 0.3) is 0 Å². The first-order valence-electron chi connectivity index (χ1n) is 10.0. The van der Waals surface area contributed by atoms with Crippen LogP contribution in [-0.2, 0) is 22.6 Å². The van der Waals surface area contributed by atoms with Gasteiger partial charge in [-0.05, 0) is 42.0 Å². The number of ether oxygens (including phenoxy) is 2. The molecule has 1 heterocycles. The molecule has 7 nitrogen and oxygen atoms in total. The minimum Gasteiger partial charge on any atom is -0.465 e. The highest BCUT2D eigenvalue weighted by Crippen LogP contribution is 2.27. The monoisotopic (exact) mass is 418 g/mol. The van der Waals surface area contributed by atoms with E-state index in [-0.39, 0.29) is 30.0 Å². The molecule has 0 amide bonds. The van der Waals surface area contributed by atoms with Crippen molar-refractivity contribution in [2.75, 3.05) is 7.11 Å². The van der Waals surface area contributed by atoms with E-state index >= 15 is 0 Å². The molecule has 1 aromatic heterocycles. The predicted octanol–water partition coefficient (Wildman–Crippen LogP) is 3.76. The molecular formula is C24H22N2O5. The molecule has 0 radical (unpaired) electrons. The van der Waals surface area contributed by atoms with E-state index in [0.29, 0.717) is 6.54 Å². The number of methoxy groups -OCH3 is 1. The minimum absolute atomic E-state index is 0.0227. The quantitative estimate of drug-likeness (QED) is 0.352. The molecule has 158 valence electrons. The molecule has 31 heavy (non-hydrogen) atoms. The van der Waals surface area contributed by atoms with Crippen molar-refractivity contribution < 1.29 is 19.1 Å². The van der Waals surface area contributed by atoms with E-state index in [4.69, 9.17) is 9.47 Å². The third-order valence-electron chi connectivity index (χ3n) is 5.26. The largest absolute Gasteiger partial charge is 0.465 e. The molecule has 4 rings (SSSR count). The Bertz CT molecular complexity index is 1350. The number of hydrogen-bond donors (Lipinski definition) is 0. The van der Waals surface area contributed by atoms with Gasteiger partial charge in [-0.15, -0.1) is 0 Å². The zero-order valence-corrected chi connectivity index (χ0v) is 17.3. The lowest BCUT2D eigenvalue weighted by Gasteiger charge is -2.11. The van der Waals surface area contributed by atoms with Crippen LogP contribution in [0.25, 0.3) is 21.8 Å². The number of para-hydroxylation sites is 2. The number of carbonyl (C=O) groups is 2. The first-order chi connectivity index (χ1) is 15.0. The van der Waals surface area contributed by atoms with Crippen LogP contribution in [0.15, 0.2) is 65.5 Å². The molecule has 0 bridgehead atoms. The van der Waals surface area contributed by atoms with Crippen LogP contribution in [0.2, 0.25) is 0 Å². The van der Waals surface area contributed by atoms with E-state index in [1.54, 1.807) is 21.3 Å². The molecule has 0 N–H and O–H groups in total. The molecule has 0 aliphatic rings. The minimum atomic E-state index is -0.587. The molecular weight excluding hydrogens is 396 g/mol. The summed E-state index contributed by atoms with van der Waals surface area (Å²) in [5, 5.41) is 1.67. The van der Waals surface area contributed by atoms with E-state index in [2.05, 4.69) is 0 Å². The van der Waals surface area contributed by atoms with Crippen molar-refractivity contribution in [1.82, 2.24) is 9.13 Å². The van der Waals surface area contributed by atoms with Crippen LogP contribution < -0.4 is 10.4 Å². The van der Waals surface area contributed by atoms with Gasteiger partial charge < -0.3 is 9.47 Å². The SMILES string of the molecule is CCn1c(=O)n(CCC(=O)Oc2cc3ccccc3cc2C(=O)OC)c2ccccc21. The van der Waals surface area contributed by atoms with Gasteiger partial charge in [0.1, 0.15) is 11.3 Å². The second-order valence-corrected chi connectivity index (χ2v) is 7.08. The zero-order valence-electron chi connectivity index (χ0n) is 17.3. The molecule has 0 aliphatic carbocycles. The molecule has 3 aromatic carbocycles. The van der Waals surface area contributed by atoms with Crippen LogP contribution >= 0.6 is 0 Å². The van der Waals surface area contributed by atoms with E-state index in [1.807, 2.05) is 55.5 Å². The average molecular weight is 418 g/mol. The second kappa shape index (κ2) is 8.47. The van der Waals surface area contributed by atoms with Crippen LogP contribution in [0.5, 0.6) is 5.75 Å². The van der Waals surface area contributed by atoms with Gasteiger partial charge >= 0.3 is 17.6 Å². The van der Waals surface area contributed by atoms with Gasteiger partial charge in [0.15, 0.2) is 0 Å². The molecule has 0 saturated heterocycles. The number of carbonyl (C=O) groups excluding carboxylic acids is 2. The van der Waals surface area contributed by atoms with Crippen molar-refractivity contribution in [3.8, 4) is 5.75 Å². The normalized spacial score (nSPS) is 11.0. The summed E-state index contributed by atoms with van der Waals surface area (Å²) in [6.07, 6.45) is -0.0227. The van der Waals surface area contributed by atoms with Crippen molar-refractivity contribution in [1.29, 1.82) is 0 Å². The fourth-order valence-electron chi connectivity index (χ4n) is 3.74. The Hall–Kier alpha value is -3.87. The van der Waals surface area contributed by atoms with Gasteiger partial charge in [-0.2, -0.15) is 0 Å². The van der Waals surface area contributed by atoms with Gasteiger partial charge in [0, 0.05) is 13.1 Å². The van der Waals surface area contributed by atoms with E-state index in [0.717, 1.165) is 21.8 Å². The van der Waals surface area contributed by atoms with Crippen molar-refractivity contribution >= 4 is 33.7 Å². The summed E-state index contributed by atoms with van der Waals surface area (Å²) in [5.74, 6) is -0.990. The molecule has 0 fully saturated rings. The number of aromatic nitrogens is 2. The maximum absolute atomic E-state index is 12.7. The third kappa shape index (κ3) is 3.82. The number of hydrogen-bond acceptors (Lipinski definition) is 5. The van der Waals surface area contributed by atoms with Crippen molar-refractivity contribution in [2.45, 2.75) is 26.4 Å². The van der Waals surface area contributed by atoms with E-state index in [9.17, 15) is 14.4 Å². The number of rotatable bonds is 6. The van der Waals surface area contributed by atoms with Gasteiger partial charge in [0.05, 0.1) is 24.6 Å². The highest BCUT2D eigenvalue weighted by atomic mass is 16.5. The highest BCUT2D eigenvalue weighted by Gasteiger charge is 2.18. The van der Waals surface area contributed by atoms with Crippen LogP contribution in [0, 0.1) is 0 Å². The summed E-state index contributed by atoms with van der Waals surface area (Å²) in [7, 11) is 1.28. The van der Waals surface area contributed by atoms with Gasteiger partial charge in [-0.1, -0.05) is 36.4 Å². The molecule has 0 atom stereocenters. The summed E-state index contributed by atoms with van der Waals surface area (Å²) in [4.78, 5) is 37.5. The standard InChI is InChI=1S/C24H22N2O5/c1-3-25-19-10-6-7-11-20(19)26(24(25)29)13-12-22(27)31-21-15-17-9-5-4-8-16(17)14-18(21)23(28)30-2/h4-11,14-15H,3,12-13H2,1-2H3. The smallest absolute Gasteiger partial charge is 0.341 e. The maximum Gasteiger partial charge on any atom is 0.341 e. The van der Waals surface area contributed by atoms with Crippen LogP contribution in [-0.4, -0.2) is 28.2 Å². The third-order valence-corrected chi connectivity index (χ3v) is 5.26. The zero-order chi connectivity index (χ0) is 22.0. The highest BCUT2D eigenvalue weighted by molar-refractivity contribution is 5.99. The fourth-order valence-corrected chi connectivity index (χ4v) is 3.74. The number of imidazole rings is 1. The molecule has 0 spiro atoms. The van der Waals surface area contributed by atoms with Crippen LogP contribution in [0.3, 0.4) is 0 Å². The Morgan fingerprint density at radius 1 is 0.903 bits per heavy atom. The van der Waals surface area contributed by atoms with Crippen molar-refractivity contribution in [3.63, 3.8) is 0 Å². The predicted molar refractivity (Wildman–Crippen MR) is 117 cm³/mol. The lowest BCUT2D eigenvalue weighted by Crippen LogP contribution is -2.25. The summed E-state index contributed by atoms with van der Waals surface area (Å²) in [6.45, 7) is 2.61. The van der Waals surface area contributed by atoms with E-state index < -0.39 is 11.9 Å². The first kappa shape index (κ1) is 20.4. The average Bonchev–Trinajstić information content (AvgIpc) is 3.07. The molecule has 7 heteroatoms. The molecule has 0 unspecified atom stereocenters.